The van der Waals surface area contributed by atoms with E-state index in [2.05, 4.69) is 41.9 Å². The van der Waals surface area contributed by atoms with Gasteiger partial charge in [0, 0.05) is 37.9 Å². The van der Waals surface area contributed by atoms with Crippen molar-refractivity contribution < 1.29 is 4.74 Å². The standard InChI is InChI=1S/C18H22N2O/c1-13-14(2)18(21-3)7-6-16(13)10-20-11-17(12-20)15-5-4-8-19-9-15/h4-9,17H,10-12H2,1-3H3. The Balaban J connectivity index is 1.64. The monoisotopic (exact) mass is 282 g/mol. The molecule has 3 nitrogen and oxygen atoms in total. The predicted octanol–water partition coefficient (Wildman–Crippen LogP) is 3.31. The fourth-order valence-corrected chi connectivity index (χ4v) is 3.01. The van der Waals surface area contributed by atoms with Gasteiger partial charge < -0.3 is 4.74 Å². The highest BCUT2D eigenvalue weighted by Gasteiger charge is 2.28. The zero-order valence-corrected chi connectivity index (χ0v) is 13.0. The van der Waals surface area contributed by atoms with Gasteiger partial charge in [-0.05, 0) is 48.2 Å². The maximum absolute atomic E-state index is 5.38. The predicted molar refractivity (Wildman–Crippen MR) is 84.7 cm³/mol. The molecule has 1 aliphatic heterocycles. The molecule has 0 radical (unpaired) electrons. The van der Waals surface area contributed by atoms with Crippen LogP contribution >= 0.6 is 0 Å². The number of hydrogen-bond acceptors (Lipinski definition) is 3. The van der Waals surface area contributed by atoms with Crippen LogP contribution < -0.4 is 4.74 Å². The van der Waals surface area contributed by atoms with Crippen molar-refractivity contribution in [2.24, 2.45) is 0 Å². The number of aromatic nitrogens is 1. The van der Waals surface area contributed by atoms with E-state index in [9.17, 15) is 0 Å². The fraction of sp³-hybridized carbons (Fsp3) is 0.389. The van der Waals surface area contributed by atoms with Crippen molar-refractivity contribution in [3.63, 3.8) is 0 Å². The van der Waals surface area contributed by atoms with E-state index >= 15 is 0 Å². The molecule has 0 saturated carbocycles. The molecule has 0 amide bonds. The zero-order valence-electron chi connectivity index (χ0n) is 13.0. The molecule has 2 heterocycles. The van der Waals surface area contributed by atoms with E-state index in [1.807, 2.05) is 18.5 Å². The van der Waals surface area contributed by atoms with Gasteiger partial charge in [0.25, 0.3) is 0 Å². The maximum atomic E-state index is 5.38. The molecule has 3 rings (SSSR count). The smallest absolute Gasteiger partial charge is 0.122 e. The third-order valence-electron chi connectivity index (χ3n) is 4.58. The lowest BCUT2D eigenvalue weighted by molar-refractivity contribution is 0.139. The number of rotatable bonds is 4. The summed E-state index contributed by atoms with van der Waals surface area (Å²) < 4.78 is 5.38. The fourth-order valence-electron chi connectivity index (χ4n) is 3.01. The molecule has 1 saturated heterocycles. The minimum atomic E-state index is 0.637. The highest BCUT2D eigenvalue weighted by Crippen LogP contribution is 2.30. The van der Waals surface area contributed by atoms with Crippen molar-refractivity contribution >= 4 is 0 Å². The van der Waals surface area contributed by atoms with Gasteiger partial charge in [0.15, 0.2) is 0 Å². The van der Waals surface area contributed by atoms with Gasteiger partial charge in [-0.1, -0.05) is 12.1 Å². The van der Waals surface area contributed by atoms with Crippen molar-refractivity contribution in [1.29, 1.82) is 0 Å². The van der Waals surface area contributed by atoms with Crippen molar-refractivity contribution in [2.45, 2.75) is 26.3 Å². The molecule has 1 aromatic carbocycles. The number of benzene rings is 1. The molecule has 3 heteroatoms. The van der Waals surface area contributed by atoms with Crippen LogP contribution in [0.5, 0.6) is 5.75 Å². The van der Waals surface area contributed by atoms with Crippen molar-refractivity contribution in [3.8, 4) is 5.75 Å². The van der Waals surface area contributed by atoms with E-state index in [0.29, 0.717) is 5.92 Å². The normalized spacial score (nSPS) is 15.8. The number of hydrogen-bond donors (Lipinski definition) is 0. The summed E-state index contributed by atoms with van der Waals surface area (Å²) in [5.74, 6) is 1.62. The summed E-state index contributed by atoms with van der Waals surface area (Å²) in [7, 11) is 1.73. The Morgan fingerprint density at radius 3 is 2.67 bits per heavy atom. The Bertz CT molecular complexity index is 619. The van der Waals surface area contributed by atoms with Gasteiger partial charge in [0.2, 0.25) is 0 Å². The zero-order chi connectivity index (χ0) is 14.8. The van der Waals surface area contributed by atoms with E-state index in [1.165, 1.54) is 22.3 Å². The first-order chi connectivity index (χ1) is 10.2. The van der Waals surface area contributed by atoms with E-state index < -0.39 is 0 Å². The summed E-state index contributed by atoms with van der Waals surface area (Å²) in [4.78, 5) is 6.70. The molecule has 0 unspecified atom stereocenters. The van der Waals surface area contributed by atoms with E-state index in [4.69, 9.17) is 4.74 Å². The molecule has 0 bridgehead atoms. The van der Waals surface area contributed by atoms with Crippen LogP contribution in [0.2, 0.25) is 0 Å². The number of methoxy groups -OCH3 is 1. The van der Waals surface area contributed by atoms with Crippen molar-refractivity contribution in [2.75, 3.05) is 20.2 Å². The SMILES string of the molecule is COc1ccc(CN2CC(c3cccnc3)C2)c(C)c1C. The highest BCUT2D eigenvalue weighted by molar-refractivity contribution is 5.43. The number of ether oxygens (including phenoxy) is 1. The Kier molecular flexibility index (Phi) is 3.93. The van der Waals surface area contributed by atoms with Crippen molar-refractivity contribution in [1.82, 2.24) is 9.88 Å². The molecule has 1 aliphatic rings. The lowest BCUT2D eigenvalue weighted by Gasteiger charge is -2.39. The number of pyridine rings is 1. The van der Waals surface area contributed by atoms with E-state index in [1.54, 1.807) is 7.11 Å². The quantitative estimate of drug-likeness (QED) is 0.860. The number of likely N-dealkylation sites (tertiary alicyclic amines) is 1. The first-order valence-electron chi connectivity index (χ1n) is 7.44. The van der Waals surface area contributed by atoms with Crippen LogP contribution in [0.4, 0.5) is 0 Å². The largest absolute Gasteiger partial charge is 0.496 e. The van der Waals surface area contributed by atoms with Gasteiger partial charge in [0.1, 0.15) is 5.75 Å². The average molecular weight is 282 g/mol. The van der Waals surface area contributed by atoms with E-state index in [0.717, 1.165) is 25.4 Å². The number of nitrogens with zero attached hydrogens (tertiary/aromatic N) is 2. The summed E-state index contributed by atoms with van der Waals surface area (Å²) in [6, 6.07) is 8.47. The van der Waals surface area contributed by atoms with Gasteiger partial charge in [-0.3, -0.25) is 9.88 Å². The lowest BCUT2D eigenvalue weighted by atomic mass is 9.91. The van der Waals surface area contributed by atoms with Crippen LogP contribution in [0.15, 0.2) is 36.7 Å². The van der Waals surface area contributed by atoms with Gasteiger partial charge in [-0.25, -0.2) is 0 Å². The molecule has 0 spiro atoms. The van der Waals surface area contributed by atoms with Crippen LogP contribution in [-0.2, 0) is 6.54 Å². The molecule has 1 aromatic heterocycles. The lowest BCUT2D eigenvalue weighted by Crippen LogP contribution is -2.44. The summed E-state index contributed by atoms with van der Waals surface area (Å²) in [6.45, 7) is 7.58. The Labute approximate surface area is 126 Å². The molecule has 0 atom stereocenters. The maximum Gasteiger partial charge on any atom is 0.122 e. The summed E-state index contributed by atoms with van der Waals surface area (Å²) in [5, 5.41) is 0. The summed E-state index contributed by atoms with van der Waals surface area (Å²) in [5.41, 5.74) is 5.35. The minimum absolute atomic E-state index is 0.637. The second kappa shape index (κ2) is 5.86. The van der Waals surface area contributed by atoms with Crippen molar-refractivity contribution in [3.05, 3.63) is 58.9 Å². The Morgan fingerprint density at radius 1 is 1.19 bits per heavy atom. The first-order valence-corrected chi connectivity index (χ1v) is 7.44. The minimum Gasteiger partial charge on any atom is -0.496 e. The second-order valence-electron chi connectivity index (χ2n) is 5.85. The summed E-state index contributed by atoms with van der Waals surface area (Å²) in [6.07, 6.45) is 3.83. The van der Waals surface area contributed by atoms with Crippen LogP contribution in [0.3, 0.4) is 0 Å². The van der Waals surface area contributed by atoms with E-state index in [-0.39, 0.29) is 0 Å². The third kappa shape index (κ3) is 2.79. The summed E-state index contributed by atoms with van der Waals surface area (Å²) >= 11 is 0. The average Bonchev–Trinajstić information content (AvgIpc) is 2.47. The first kappa shape index (κ1) is 14.1. The highest BCUT2D eigenvalue weighted by atomic mass is 16.5. The molecule has 21 heavy (non-hydrogen) atoms. The van der Waals surface area contributed by atoms with Gasteiger partial charge in [0.05, 0.1) is 7.11 Å². The molecule has 1 fully saturated rings. The van der Waals surface area contributed by atoms with Crippen LogP contribution in [0.1, 0.15) is 28.2 Å². The Hall–Kier alpha value is -1.87. The molecular formula is C18H22N2O. The van der Waals surface area contributed by atoms with Crippen LogP contribution in [0.25, 0.3) is 0 Å². The van der Waals surface area contributed by atoms with Crippen LogP contribution in [-0.4, -0.2) is 30.1 Å². The molecule has 0 N–H and O–H groups in total. The molecule has 110 valence electrons. The molecular weight excluding hydrogens is 260 g/mol. The third-order valence-corrected chi connectivity index (χ3v) is 4.58. The molecule has 2 aromatic rings. The van der Waals surface area contributed by atoms with Gasteiger partial charge in [-0.2, -0.15) is 0 Å². The van der Waals surface area contributed by atoms with Gasteiger partial charge >= 0.3 is 0 Å². The molecule has 0 aliphatic carbocycles. The topological polar surface area (TPSA) is 25.4 Å². The second-order valence-corrected chi connectivity index (χ2v) is 5.85. The Morgan fingerprint density at radius 2 is 2.00 bits per heavy atom. The van der Waals surface area contributed by atoms with Gasteiger partial charge in [-0.15, -0.1) is 0 Å². The van der Waals surface area contributed by atoms with Crippen LogP contribution in [0, 0.1) is 13.8 Å².